The topological polar surface area (TPSA) is 288 Å². The van der Waals surface area contributed by atoms with Crippen LogP contribution in [0, 0.1) is 5.92 Å². The number of nitrogens with two attached hydrogens (primary N) is 3. The number of aliphatic imine (C=N–C) groups is 1. The van der Waals surface area contributed by atoms with Crippen LogP contribution in [-0.4, -0.2) is 107 Å². The van der Waals surface area contributed by atoms with Crippen LogP contribution < -0.4 is 17.2 Å². The largest absolute Gasteiger partial charge is 0.478 e. The van der Waals surface area contributed by atoms with E-state index in [1.807, 2.05) is 4.90 Å². The number of thiazole rings is 1. The standard InChI is InChI=1S/C22H29N11O8S2/c23-11-1-4-31(8-11)20(24)26-6-12-7-27-32(29-12)9-15-13(18(35)33(15)43(38,39)40)5-16(34)17(14-10-42-21(25)28-14)30-41-22(2-3-22)19(36)37/h7,10-11,13,15H,1-6,8-9,23H2,(H2,24,26)(H2,25,28)(H,36,37)(H,38,39,40)/b30-17-/t11-,13+,15-/m1/s1. The van der Waals surface area contributed by atoms with Crippen molar-refractivity contribution in [3.05, 3.63) is 23.0 Å². The van der Waals surface area contributed by atoms with Gasteiger partial charge in [-0.25, -0.2) is 19.1 Å². The number of hydrogen-bond acceptors (Lipinski definition) is 14. The lowest BCUT2D eigenvalue weighted by atomic mass is 9.84. The Morgan fingerprint density at radius 2 is 2.05 bits per heavy atom. The number of Topliss-reactive ketones (excluding diaryl/α,β-unsaturated/α-hetero) is 1. The number of rotatable bonds is 12. The molecule has 2 saturated heterocycles. The Labute approximate surface area is 248 Å². The van der Waals surface area contributed by atoms with Gasteiger partial charge in [0.1, 0.15) is 11.4 Å². The van der Waals surface area contributed by atoms with E-state index in [-0.39, 0.29) is 52.8 Å². The number of carboxylic acids is 1. The maximum atomic E-state index is 13.4. The van der Waals surface area contributed by atoms with E-state index in [1.54, 1.807) is 0 Å². The van der Waals surface area contributed by atoms with Crippen molar-refractivity contribution >= 4 is 56.1 Å². The minimum absolute atomic E-state index is 0.00206. The first-order chi connectivity index (χ1) is 20.3. The van der Waals surface area contributed by atoms with Crippen LogP contribution in [0.1, 0.15) is 37.1 Å². The number of ketones is 1. The summed E-state index contributed by atoms with van der Waals surface area (Å²) in [4.78, 5) is 54.1. The highest BCUT2D eigenvalue weighted by Crippen LogP contribution is 2.40. The van der Waals surface area contributed by atoms with Crippen molar-refractivity contribution in [3.63, 3.8) is 0 Å². The highest BCUT2D eigenvalue weighted by Gasteiger charge is 2.56. The number of carboxylic acid groups (broad SMARTS) is 1. The molecule has 0 bridgehead atoms. The molecule has 2 aromatic rings. The predicted octanol–water partition coefficient (Wildman–Crippen LogP) is -2.21. The lowest BCUT2D eigenvalue weighted by Crippen LogP contribution is -2.64. The number of hydrogen-bond donors (Lipinski definition) is 5. The molecule has 4 heterocycles. The van der Waals surface area contributed by atoms with Crippen molar-refractivity contribution < 1.29 is 37.3 Å². The van der Waals surface area contributed by atoms with Crippen LogP contribution in [0.15, 0.2) is 21.7 Å². The van der Waals surface area contributed by atoms with Crippen molar-refractivity contribution in [1.29, 1.82) is 0 Å². The molecule has 1 saturated carbocycles. The fraction of sp³-hybridized carbons (Fsp3) is 0.545. The Balaban J connectivity index is 1.31. The molecule has 1 amide bonds. The summed E-state index contributed by atoms with van der Waals surface area (Å²) in [5.41, 5.74) is 16.0. The molecular weight excluding hydrogens is 610 g/mol. The van der Waals surface area contributed by atoms with E-state index in [0.29, 0.717) is 24.7 Å². The molecule has 8 N–H and O–H groups in total. The molecular formula is C22H29N11O8S2. The number of aromatic nitrogens is 4. The minimum atomic E-state index is -4.98. The molecule has 232 valence electrons. The molecule has 1 aliphatic carbocycles. The van der Waals surface area contributed by atoms with Gasteiger partial charge in [0, 0.05) is 43.8 Å². The average Bonchev–Trinajstić information content (AvgIpc) is 3.21. The first-order valence-corrected chi connectivity index (χ1v) is 15.3. The zero-order chi connectivity index (χ0) is 31.1. The molecule has 3 atom stereocenters. The second-order valence-corrected chi connectivity index (χ2v) is 12.6. The van der Waals surface area contributed by atoms with Gasteiger partial charge in [-0.15, -0.1) is 11.3 Å². The molecule has 5 rings (SSSR count). The predicted molar refractivity (Wildman–Crippen MR) is 149 cm³/mol. The number of β-lactam (4-membered cyclic amide) rings is 1. The normalized spacial score (nSPS) is 23.8. The van der Waals surface area contributed by atoms with Crippen LogP contribution in [0.25, 0.3) is 0 Å². The quantitative estimate of drug-likeness (QED) is 0.0541. The minimum Gasteiger partial charge on any atom is -0.478 e. The van der Waals surface area contributed by atoms with E-state index in [4.69, 9.17) is 22.0 Å². The maximum Gasteiger partial charge on any atom is 0.362 e. The number of aliphatic carboxylic acids is 1. The fourth-order valence-corrected chi connectivity index (χ4v) is 6.19. The highest BCUT2D eigenvalue weighted by molar-refractivity contribution is 7.84. The number of carbonyl (C=O) groups excluding carboxylic acids is 2. The monoisotopic (exact) mass is 639 g/mol. The number of nitrogens with zero attached hydrogens (tertiary/aromatic N) is 8. The molecule has 3 fully saturated rings. The second kappa shape index (κ2) is 11.5. The summed E-state index contributed by atoms with van der Waals surface area (Å²) in [6.45, 7) is 1.04. The number of guanidine groups is 1. The van der Waals surface area contributed by atoms with Crippen LogP contribution >= 0.6 is 11.3 Å². The van der Waals surface area contributed by atoms with Crippen molar-refractivity contribution in [2.45, 2.75) is 56.5 Å². The van der Waals surface area contributed by atoms with Crippen LogP contribution in [0.3, 0.4) is 0 Å². The van der Waals surface area contributed by atoms with Gasteiger partial charge in [0.2, 0.25) is 11.5 Å². The Bertz CT molecular complexity index is 1600. The number of carbonyl (C=O) groups is 3. The van der Waals surface area contributed by atoms with Gasteiger partial charge >= 0.3 is 16.3 Å². The Morgan fingerprint density at radius 1 is 1.30 bits per heavy atom. The summed E-state index contributed by atoms with van der Waals surface area (Å²) in [6, 6.07) is -1.22. The van der Waals surface area contributed by atoms with E-state index < -0.39 is 51.9 Å². The summed E-state index contributed by atoms with van der Waals surface area (Å²) in [6.07, 6.45) is 1.98. The lowest BCUT2D eigenvalue weighted by molar-refractivity contribution is -0.153. The molecule has 2 aliphatic heterocycles. The van der Waals surface area contributed by atoms with Crippen LogP contribution in [-0.2, 0) is 42.6 Å². The van der Waals surface area contributed by atoms with Gasteiger partial charge in [-0.2, -0.15) is 23.4 Å². The van der Waals surface area contributed by atoms with Gasteiger partial charge in [0.05, 0.1) is 31.2 Å². The summed E-state index contributed by atoms with van der Waals surface area (Å²) >= 11 is 0.995. The zero-order valence-electron chi connectivity index (χ0n) is 22.5. The molecule has 19 nitrogen and oxygen atoms in total. The average molecular weight is 640 g/mol. The van der Waals surface area contributed by atoms with Crippen molar-refractivity contribution in [2.24, 2.45) is 27.5 Å². The van der Waals surface area contributed by atoms with Gasteiger partial charge in [-0.3, -0.25) is 14.1 Å². The van der Waals surface area contributed by atoms with Crippen molar-refractivity contribution in [2.75, 3.05) is 18.8 Å². The Kier molecular flexibility index (Phi) is 8.07. The summed E-state index contributed by atoms with van der Waals surface area (Å²) in [5, 5.41) is 23.0. The van der Waals surface area contributed by atoms with E-state index in [9.17, 15) is 32.5 Å². The summed E-state index contributed by atoms with van der Waals surface area (Å²) in [7, 11) is -4.98. The molecule has 21 heteroatoms. The van der Waals surface area contributed by atoms with E-state index in [2.05, 4.69) is 25.3 Å². The number of nitrogen functional groups attached to an aromatic ring is 1. The smallest absolute Gasteiger partial charge is 0.362 e. The molecule has 43 heavy (non-hydrogen) atoms. The first-order valence-electron chi connectivity index (χ1n) is 13.0. The zero-order valence-corrected chi connectivity index (χ0v) is 24.1. The molecule has 0 unspecified atom stereocenters. The van der Waals surface area contributed by atoms with Gasteiger partial charge in [-0.05, 0) is 6.42 Å². The molecule has 0 radical (unpaired) electrons. The van der Waals surface area contributed by atoms with Crippen molar-refractivity contribution in [1.82, 2.24) is 29.2 Å². The third-order valence-electron chi connectivity index (χ3n) is 7.27. The SMILES string of the molecule is NC(=NCc1cnn(C[C@@H]2[C@H](CC(=O)/C(=N\OC3(C(=O)O)CC3)c3csc(N)n3)C(=O)N2S(=O)(=O)O)n1)N1CC[C@@H](N)C1. The van der Waals surface area contributed by atoms with Crippen LogP contribution in [0.2, 0.25) is 0 Å². The lowest BCUT2D eigenvalue weighted by Gasteiger charge is -2.43. The number of oxime groups is 1. The molecule has 0 spiro atoms. The third-order valence-corrected chi connectivity index (χ3v) is 8.90. The Morgan fingerprint density at radius 3 is 2.63 bits per heavy atom. The second-order valence-electron chi connectivity index (χ2n) is 10.4. The first kappa shape index (κ1) is 30.3. The number of anilines is 1. The van der Waals surface area contributed by atoms with Crippen LogP contribution in [0.5, 0.6) is 0 Å². The van der Waals surface area contributed by atoms with E-state index >= 15 is 0 Å². The van der Waals surface area contributed by atoms with E-state index in [1.165, 1.54) is 11.6 Å². The molecule has 2 aromatic heterocycles. The van der Waals surface area contributed by atoms with Gasteiger partial charge in [0.25, 0.3) is 0 Å². The third kappa shape index (κ3) is 6.43. The number of amides is 1. The molecule has 3 aliphatic rings. The van der Waals surface area contributed by atoms with Gasteiger partial charge in [0.15, 0.2) is 22.6 Å². The maximum absolute atomic E-state index is 13.4. The van der Waals surface area contributed by atoms with Crippen LogP contribution in [0.4, 0.5) is 5.13 Å². The summed E-state index contributed by atoms with van der Waals surface area (Å²) < 4.78 is 33.9. The molecule has 0 aromatic carbocycles. The van der Waals surface area contributed by atoms with Gasteiger partial charge < -0.3 is 32.0 Å². The van der Waals surface area contributed by atoms with Crippen molar-refractivity contribution in [3.8, 4) is 0 Å². The Hall–Kier alpha value is -4.21. The van der Waals surface area contributed by atoms with Gasteiger partial charge in [-0.1, -0.05) is 5.16 Å². The van der Waals surface area contributed by atoms with E-state index in [0.717, 1.165) is 22.6 Å². The number of likely N-dealkylation sites (tertiary alicyclic amines) is 1. The summed E-state index contributed by atoms with van der Waals surface area (Å²) in [5.74, 6) is -4.00. The fourth-order valence-electron chi connectivity index (χ4n) is 4.72. The highest BCUT2D eigenvalue weighted by atomic mass is 32.2.